The summed E-state index contributed by atoms with van der Waals surface area (Å²) in [5.74, 6) is -0.319. The minimum atomic E-state index is -4.57. The Hall–Kier alpha value is -2.16. The van der Waals surface area contributed by atoms with Crippen LogP contribution in [0, 0.1) is 6.92 Å². The molecule has 2 aromatic rings. The van der Waals surface area contributed by atoms with Gasteiger partial charge in [-0.25, -0.2) is 9.50 Å². The zero-order chi connectivity index (χ0) is 19.1. The van der Waals surface area contributed by atoms with Crippen LogP contribution in [0.1, 0.15) is 42.0 Å². The van der Waals surface area contributed by atoms with E-state index in [0.29, 0.717) is 17.6 Å². The lowest BCUT2D eigenvalue weighted by Gasteiger charge is -2.26. The van der Waals surface area contributed by atoms with Gasteiger partial charge in [-0.2, -0.15) is 18.3 Å². The number of fused-ring (bicyclic) bond motifs is 1. The number of likely N-dealkylation sites (tertiary alicyclic amines) is 1. The summed E-state index contributed by atoms with van der Waals surface area (Å²) in [6, 6.07) is 1.21. The zero-order valence-electron chi connectivity index (χ0n) is 15.0. The molecule has 2 aromatic heterocycles. The number of rotatable bonds is 4. The van der Waals surface area contributed by atoms with Crippen LogP contribution >= 0.6 is 0 Å². The molecular weight excluding hydrogens is 347 g/mol. The van der Waals surface area contributed by atoms with Gasteiger partial charge >= 0.3 is 6.18 Å². The number of hydrogen-bond acceptors (Lipinski definition) is 4. The van der Waals surface area contributed by atoms with Gasteiger partial charge in [0.25, 0.3) is 5.91 Å². The van der Waals surface area contributed by atoms with Gasteiger partial charge in [0.15, 0.2) is 5.65 Å². The molecule has 0 aromatic carbocycles. The van der Waals surface area contributed by atoms with E-state index in [1.807, 2.05) is 0 Å². The molecule has 1 saturated heterocycles. The Balaban J connectivity index is 1.92. The number of hydrogen-bond donors (Lipinski definition) is 0. The summed E-state index contributed by atoms with van der Waals surface area (Å²) in [6.45, 7) is 8.56. The third-order valence-corrected chi connectivity index (χ3v) is 4.90. The molecule has 1 amide bonds. The largest absolute Gasteiger partial charge is 0.433 e. The maximum atomic E-state index is 13.2. The van der Waals surface area contributed by atoms with E-state index >= 15 is 0 Å². The highest BCUT2D eigenvalue weighted by molar-refractivity contribution is 5.99. The van der Waals surface area contributed by atoms with Gasteiger partial charge < -0.3 is 4.90 Å². The first-order valence-corrected chi connectivity index (χ1v) is 8.72. The first kappa shape index (κ1) is 18.6. The lowest BCUT2D eigenvalue weighted by atomic mass is 10.2. The monoisotopic (exact) mass is 369 g/mol. The lowest BCUT2D eigenvalue weighted by molar-refractivity contribution is -0.142. The molecule has 1 aliphatic heterocycles. The molecule has 1 fully saturated rings. The van der Waals surface area contributed by atoms with Gasteiger partial charge in [-0.1, -0.05) is 13.8 Å². The molecule has 0 bridgehead atoms. The van der Waals surface area contributed by atoms with Crippen molar-refractivity contribution in [3.63, 3.8) is 0 Å². The molecule has 0 aliphatic carbocycles. The Labute approximate surface area is 149 Å². The van der Waals surface area contributed by atoms with Crippen molar-refractivity contribution in [2.45, 2.75) is 39.4 Å². The van der Waals surface area contributed by atoms with E-state index in [2.05, 4.69) is 28.8 Å². The third-order valence-electron chi connectivity index (χ3n) is 4.90. The van der Waals surface area contributed by atoms with Crippen LogP contribution in [-0.2, 0) is 6.18 Å². The standard InChI is InChI=1S/C17H22F3N5O/c1-4-23(5-2)12-6-7-24(10-12)16(26)13-9-21-25-14(17(18,19)20)8-11(3)22-15(13)25/h8-9,12H,4-7,10H2,1-3H3/t12-/m0/s1. The Morgan fingerprint density at radius 1 is 1.35 bits per heavy atom. The molecule has 3 heterocycles. The Kier molecular flexibility index (Phi) is 4.92. The van der Waals surface area contributed by atoms with Gasteiger partial charge in [-0.3, -0.25) is 9.69 Å². The van der Waals surface area contributed by atoms with Crippen LogP contribution in [0.2, 0.25) is 0 Å². The first-order valence-electron chi connectivity index (χ1n) is 8.72. The molecule has 6 nitrogen and oxygen atoms in total. The van der Waals surface area contributed by atoms with E-state index in [1.54, 1.807) is 4.90 Å². The fourth-order valence-corrected chi connectivity index (χ4v) is 3.57. The van der Waals surface area contributed by atoms with Crippen molar-refractivity contribution < 1.29 is 18.0 Å². The minimum absolute atomic E-state index is 0.0476. The summed E-state index contributed by atoms with van der Waals surface area (Å²) in [5, 5.41) is 3.78. The number of carbonyl (C=O) groups excluding carboxylic acids is 1. The van der Waals surface area contributed by atoms with E-state index < -0.39 is 11.9 Å². The third kappa shape index (κ3) is 3.27. The van der Waals surface area contributed by atoms with Crippen molar-refractivity contribution in [2.24, 2.45) is 0 Å². The number of halogens is 3. The van der Waals surface area contributed by atoms with Gasteiger partial charge in [0.1, 0.15) is 11.3 Å². The second kappa shape index (κ2) is 6.86. The predicted molar refractivity (Wildman–Crippen MR) is 90.0 cm³/mol. The number of aromatic nitrogens is 3. The topological polar surface area (TPSA) is 53.7 Å². The molecule has 3 rings (SSSR count). The maximum absolute atomic E-state index is 13.2. The van der Waals surface area contributed by atoms with Gasteiger partial charge in [0, 0.05) is 24.8 Å². The molecule has 26 heavy (non-hydrogen) atoms. The summed E-state index contributed by atoms with van der Waals surface area (Å²) in [4.78, 5) is 21.0. The summed E-state index contributed by atoms with van der Waals surface area (Å²) < 4.78 is 40.4. The molecule has 0 saturated carbocycles. The van der Waals surface area contributed by atoms with Crippen molar-refractivity contribution in [3.8, 4) is 0 Å². The quantitative estimate of drug-likeness (QED) is 0.831. The highest BCUT2D eigenvalue weighted by Gasteiger charge is 2.36. The predicted octanol–water partition coefficient (Wildman–Crippen LogP) is 2.61. The normalized spacial score (nSPS) is 18.3. The summed E-state index contributed by atoms with van der Waals surface area (Å²) in [5.41, 5.74) is -0.670. The van der Waals surface area contributed by atoms with Crippen LogP contribution in [0.15, 0.2) is 12.3 Å². The van der Waals surface area contributed by atoms with Gasteiger partial charge in [0.05, 0.1) is 6.20 Å². The van der Waals surface area contributed by atoms with Gasteiger partial charge in [-0.05, 0) is 32.5 Å². The van der Waals surface area contributed by atoms with Crippen LogP contribution in [0.5, 0.6) is 0 Å². The summed E-state index contributed by atoms with van der Waals surface area (Å²) >= 11 is 0. The summed E-state index contributed by atoms with van der Waals surface area (Å²) in [7, 11) is 0. The van der Waals surface area contributed by atoms with Crippen LogP contribution in [0.3, 0.4) is 0 Å². The first-order chi connectivity index (χ1) is 12.3. The number of likely N-dealkylation sites (N-methyl/N-ethyl adjacent to an activating group) is 1. The van der Waals surface area contributed by atoms with Crippen LogP contribution in [0.25, 0.3) is 5.65 Å². The minimum Gasteiger partial charge on any atom is -0.337 e. The Morgan fingerprint density at radius 3 is 2.65 bits per heavy atom. The Bertz CT molecular complexity index is 813. The molecule has 0 radical (unpaired) electrons. The molecule has 1 aliphatic rings. The molecular formula is C17H22F3N5O. The van der Waals surface area contributed by atoms with Crippen molar-refractivity contribution in [2.75, 3.05) is 26.2 Å². The SMILES string of the molecule is CCN(CC)[C@H]1CCN(C(=O)c2cnn3c(C(F)(F)F)cc(C)nc23)C1. The van der Waals surface area contributed by atoms with Crippen molar-refractivity contribution in [1.29, 1.82) is 0 Å². The van der Waals surface area contributed by atoms with Crippen molar-refractivity contribution in [1.82, 2.24) is 24.4 Å². The number of nitrogens with zero attached hydrogens (tertiary/aromatic N) is 5. The van der Waals surface area contributed by atoms with E-state index in [4.69, 9.17) is 0 Å². The smallest absolute Gasteiger partial charge is 0.337 e. The van der Waals surface area contributed by atoms with Gasteiger partial charge in [0.2, 0.25) is 0 Å². The average molecular weight is 369 g/mol. The fourth-order valence-electron chi connectivity index (χ4n) is 3.57. The van der Waals surface area contributed by atoms with Crippen molar-refractivity contribution >= 4 is 11.6 Å². The van der Waals surface area contributed by atoms with Crippen molar-refractivity contribution in [3.05, 3.63) is 29.2 Å². The van der Waals surface area contributed by atoms with Crippen LogP contribution < -0.4 is 0 Å². The zero-order valence-corrected chi connectivity index (χ0v) is 15.0. The van der Waals surface area contributed by atoms with Gasteiger partial charge in [-0.15, -0.1) is 0 Å². The average Bonchev–Trinajstić information content (AvgIpc) is 3.21. The van der Waals surface area contributed by atoms with Crippen LogP contribution in [-0.4, -0.2) is 62.5 Å². The Morgan fingerprint density at radius 2 is 2.04 bits per heavy atom. The molecule has 142 valence electrons. The van der Waals surface area contributed by atoms with E-state index in [-0.39, 0.29) is 28.9 Å². The number of carbonyl (C=O) groups is 1. The summed E-state index contributed by atoms with van der Waals surface area (Å²) in [6.07, 6.45) is -2.53. The second-order valence-electron chi connectivity index (χ2n) is 6.49. The molecule has 0 N–H and O–H groups in total. The number of aryl methyl sites for hydroxylation is 1. The van der Waals surface area contributed by atoms with E-state index in [9.17, 15) is 18.0 Å². The molecule has 0 unspecified atom stereocenters. The maximum Gasteiger partial charge on any atom is 0.433 e. The molecule has 1 atom stereocenters. The van der Waals surface area contributed by atoms with E-state index in [1.165, 1.54) is 13.1 Å². The second-order valence-corrected chi connectivity index (χ2v) is 6.49. The van der Waals surface area contributed by atoms with Crippen LogP contribution in [0.4, 0.5) is 13.2 Å². The highest BCUT2D eigenvalue weighted by atomic mass is 19.4. The molecule has 9 heteroatoms. The number of amides is 1. The lowest BCUT2D eigenvalue weighted by Crippen LogP contribution is -2.38. The molecule has 0 spiro atoms. The number of alkyl halides is 3. The highest BCUT2D eigenvalue weighted by Crippen LogP contribution is 2.30. The fraction of sp³-hybridized carbons (Fsp3) is 0.588. The van der Waals surface area contributed by atoms with E-state index in [0.717, 1.165) is 25.6 Å².